The molecule has 1 aromatic carbocycles. The number of ether oxygens (including phenoxy) is 1. The number of hydrogen-bond acceptors (Lipinski definition) is 7. The number of benzene rings is 1. The molecule has 0 radical (unpaired) electrons. The Balaban J connectivity index is 2.10. The van der Waals surface area contributed by atoms with Crippen LogP contribution >= 0.6 is 15.9 Å². The van der Waals surface area contributed by atoms with Gasteiger partial charge in [-0.1, -0.05) is 32.9 Å². The molecule has 3 N–H and O–H groups in total. The van der Waals surface area contributed by atoms with Crippen LogP contribution in [0.5, 0.6) is 0 Å². The van der Waals surface area contributed by atoms with E-state index >= 15 is 0 Å². The summed E-state index contributed by atoms with van der Waals surface area (Å²) in [4.78, 5) is 24.4. The number of esters is 1. The van der Waals surface area contributed by atoms with Crippen molar-refractivity contribution in [2.75, 3.05) is 6.61 Å². The minimum atomic E-state index is -1.37. The van der Waals surface area contributed by atoms with Crippen molar-refractivity contribution in [3.63, 3.8) is 0 Å². The van der Waals surface area contributed by atoms with Crippen LogP contribution in [0.3, 0.4) is 0 Å². The minimum Gasteiger partial charge on any atom is -0.464 e. The van der Waals surface area contributed by atoms with E-state index in [-0.39, 0.29) is 18.7 Å². The summed E-state index contributed by atoms with van der Waals surface area (Å²) in [5.41, 5.74) is 0.819. The predicted octanol–water partition coefficient (Wildman–Crippen LogP) is 0.933. The molecule has 0 spiro atoms. The molecule has 0 aliphatic rings. The number of nitrogens with one attached hydrogen (secondary N) is 1. The summed E-state index contributed by atoms with van der Waals surface area (Å²) in [5, 5.41) is 28.7. The molecule has 0 fully saturated rings. The lowest BCUT2D eigenvalue weighted by Crippen LogP contribution is -2.41. The number of aliphatic hydroxyl groups excluding tert-OH is 1. The van der Waals surface area contributed by atoms with E-state index in [4.69, 9.17) is 9.94 Å². The first-order chi connectivity index (χ1) is 12.4. The number of amides is 1. The van der Waals surface area contributed by atoms with Gasteiger partial charge in [0.15, 0.2) is 11.8 Å². The summed E-state index contributed by atoms with van der Waals surface area (Å²) in [6.07, 6.45) is 0.0222. The fourth-order valence-corrected chi connectivity index (χ4v) is 2.59. The average Bonchev–Trinajstić information content (AvgIpc) is 3.03. The minimum absolute atomic E-state index is 0.0338. The number of nitrogens with zero attached hydrogens (tertiary/aromatic N) is 3. The van der Waals surface area contributed by atoms with Gasteiger partial charge < -0.3 is 20.4 Å². The summed E-state index contributed by atoms with van der Waals surface area (Å²) in [5.74, 6) is -1.33. The molecular weight excluding hydrogens is 408 g/mol. The Kier molecular flexibility index (Phi) is 7.10. The van der Waals surface area contributed by atoms with Crippen molar-refractivity contribution < 1.29 is 24.6 Å². The van der Waals surface area contributed by atoms with Crippen molar-refractivity contribution in [1.82, 2.24) is 20.5 Å². The molecule has 26 heavy (non-hydrogen) atoms. The van der Waals surface area contributed by atoms with Crippen LogP contribution in [0.15, 0.2) is 34.9 Å². The van der Waals surface area contributed by atoms with Crippen LogP contribution in [-0.4, -0.2) is 56.1 Å². The highest BCUT2D eigenvalue weighted by molar-refractivity contribution is 9.10. The highest BCUT2D eigenvalue weighted by Gasteiger charge is 2.24. The maximum Gasteiger partial charge on any atom is 0.335 e. The molecule has 140 valence electrons. The zero-order valence-electron chi connectivity index (χ0n) is 14.0. The number of carbonyl (C=O) groups is 2. The topological polar surface area (TPSA) is 127 Å². The fourth-order valence-electron chi connectivity index (χ4n) is 2.32. The molecule has 10 heteroatoms. The number of rotatable bonds is 8. The van der Waals surface area contributed by atoms with E-state index in [1.807, 2.05) is 24.3 Å². The quantitative estimate of drug-likeness (QED) is 0.423. The van der Waals surface area contributed by atoms with Gasteiger partial charge in [-0.2, -0.15) is 0 Å². The summed E-state index contributed by atoms with van der Waals surface area (Å²) >= 11 is 3.35. The van der Waals surface area contributed by atoms with E-state index in [9.17, 15) is 14.7 Å². The zero-order chi connectivity index (χ0) is 19.1. The van der Waals surface area contributed by atoms with Gasteiger partial charge in [0.1, 0.15) is 0 Å². The monoisotopic (exact) mass is 426 g/mol. The van der Waals surface area contributed by atoms with E-state index in [2.05, 4.69) is 31.6 Å². The van der Waals surface area contributed by atoms with Crippen molar-refractivity contribution in [2.24, 2.45) is 0 Å². The Bertz CT molecular complexity index is 749. The Morgan fingerprint density at radius 3 is 2.62 bits per heavy atom. The summed E-state index contributed by atoms with van der Waals surface area (Å²) < 4.78 is 5.71. The molecule has 9 nitrogen and oxygen atoms in total. The van der Waals surface area contributed by atoms with Crippen molar-refractivity contribution in [2.45, 2.75) is 31.9 Å². The molecule has 2 aromatic rings. The van der Waals surface area contributed by atoms with Gasteiger partial charge in [-0.25, -0.2) is 4.79 Å². The molecule has 2 rings (SSSR count). The van der Waals surface area contributed by atoms with E-state index in [1.165, 1.54) is 0 Å². The maximum absolute atomic E-state index is 12.2. The number of hydrogen-bond donors (Lipinski definition) is 3. The lowest BCUT2D eigenvalue weighted by atomic mass is 10.00. The van der Waals surface area contributed by atoms with E-state index in [1.54, 1.807) is 6.92 Å². The number of carbonyl (C=O) groups excluding carboxylic acids is 2. The average molecular weight is 427 g/mol. The normalized spacial score (nSPS) is 13.0. The van der Waals surface area contributed by atoms with Crippen LogP contribution in [0.2, 0.25) is 0 Å². The van der Waals surface area contributed by atoms with Crippen molar-refractivity contribution in [3.8, 4) is 0 Å². The molecule has 0 aliphatic carbocycles. The number of aromatic nitrogens is 3. The third-order valence-corrected chi connectivity index (χ3v) is 4.04. The third-order valence-electron chi connectivity index (χ3n) is 3.51. The Morgan fingerprint density at radius 2 is 2.04 bits per heavy atom. The number of aliphatic hydroxyl groups is 1. The van der Waals surface area contributed by atoms with Gasteiger partial charge in [0.05, 0.1) is 12.8 Å². The predicted molar refractivity (Wildman–Crippen MR) is 93.6 cm³/mol. The Hall–Kier alpha value is -2.46. The van der Waals surface area contributed by atoms with Crippen LogP contribution in [0.4, 0.5) is 0 Å². The summed E-state index contributed by atoms with van der Waals surface area (Å²) in [6.45, 7) is 1.79. The summed E-state index contributed by atoms with van der Waals surface area (Å²) in [6, 6.07) is 6.88. The molecule has 2 atom stereocenters. The maximum atomic E-state index is 12.2. The van der Waals surface area contributed by atoms with Crippen LogP contribution < -0.4 is 5.32 Å². The van der Waals surface area contributed by atoms with E-state index in [0.29, 0.717) is 11.3 Å². The van der Waals surface area contributed by atoms with Gasteiger partial charge in [0, 0.05) is 16.9 Å². The van der Waals surface area contributed by atoms with Crippen LogP contribution in [0.25, 0.3) is 0 Å². The largest absolute Gasteiger partial charge is 0.464 e. The lowest BCUT2D eigenvalue weighted by Gasteiger charge is -2.21. The molecule has 0 aliphatic heterocycles. The van der Waals surface area contributed by atoms with Gasteiger partial charge in [-0.3, -0.25) is 4.79 Å². The molecule has 2 unspecified atom stereocenters. The standard InChI is InChI=1S/C16H19BrN4O5/c1-2-26-16(24)14(22)8-12(7-10-3-5-11(17)6-4-10)18-15(23)13-9-21(25)20-19-13/h3-6,9,12,14,22,25H,2,7-8H2,1H3,(H,18,23). The fraction of sp³-hybridized carbons (Fsp3) is 0.375. The molecule has 0 saturated carbocycles. The molecule has 0 bridgehead atoms. The van der Waals surface area contributed by atoms with Gasteiger partial charge in [-0.05, 0) is 36.3 Å². The highest BCUT2D eigenvalue weighted by atomic mass is 79.9. The van der Waals surface area contributed by atoms with E-state index < -0.39 is 24.0 Å². The molecule has 1 amide bonds. The Labute approximate surface area is 158 Å². The van der Waals surface area contributed by atoms with E-state index in [0.717, 1.165) is 16.2 Å². The second kappa shape index (κ2) is 9.30. The van der Waals surface area contributed by atoms with Crippen LogP contribution in [0.1, 0.15) is 29.4 Å². The summed E-state index contributed by atoms with van der Waals surface area (Å²) in [7, 11) is 0. The molecule has 0 saturated heterocycles. The van der Waals surface area contributed by atoms with Crippen LogP contribution in [-0.2, 0) is 16.0 Å². The SMILES string of the molecule is CCOC(=O)C(O)CC(Cc1ccc(Br)cc1)NC(=O)c1cn(O)nn1. The highest BCUT2D eigenvalue weighted by Crippen LogP contribution is 2.14. The molecule has 1 heterocycles. The smallest absolute Gasteiger partial charge is 0.335 e. The second-order valence-corrected chi connectivity index (χ2v) is 6.44. The van der Waals surface area contributed by atoms with Crippen molar-refractivity contribution in [3.05, 3.63) is 46.2 Å². The zero-order valence-corrected chi connectivity index (χ0v) is 15.6. The van der Waals surface area contributed by atoms with Crippen molar-refractivity contribution in [1.29, 1.82) is 0 Å². The van der Waals surface area contributed by atoms with Crippen LogP contribution in [0, 0.1) is 0 Å². The first kappa shape index (κ1) is 19.9. The molecular formula is C16H19BrN4O5. The van der Waals surface area contributed by atoms with Gasteiger partial charge in [0.25, 0.3) is 5.91 Å². The van der Waals surface area contributed by atoms with Gasteiger partial charge in [0.2, 0.25) is 0 Å². The third kappa shape index (κ3) is 5.81. The lowest BCUT2D eigenvalue weighted by molar-refractivity contribution is -0.153. The first-order valence-corrected chi connectivity index (χ1v) is 8.70. The van der Waals surface area contributed by atoms with Gasteiger partial charge in [-0.15, -0.1) is 5.10 Å². The first-order valence-electron chi connectivity index (χ1n) is 7.90. The van der Waals surface area contributed by atoms with Gasteiger partial charge >= 0.3 is 5.97 Å². The number of halogens is 1. The second-order valence-electron chi connectivity index (χ2n) is 5.53. The molecule has 1 aromatic heterocycles. The Morgan fingerprint density at radius 1 is 1.35 bits per heavy atom. The van der Waals surface area contributed by atoms with Crippen molar-refractivity contribution >= 4 is 27.8 Å².